The van der Waals surface area contributed by atoms with E-state index in [1.807, 2.05) is 21.2 Å². The second-order valence-corrected chi connectivity index (χ2v) is 8.87. The number of carbonyl (C=O) groups excluding carboxylic acids is 2. The van der Waals surface area contributed by atoms with Crippen molar-refractivity contribution in [3.8, 4) is 0 Å². The second-order valence-electron chi connectivity index (χ2n) is 7.95. The lowest BCUT2D eigenvalue weighted by Crippen LogP contribution is -2.58. The average Bonchev–Trinajstić information content (AvgIpc) is 3.48. The Bertz CT molecular complexity index is 1020. The van der Waals surface area contributed by atoms with E-state index >= 15 is 0 Å². The van der Waals surface area contributed by atoms with E-state index in [2.05, 4.69) is 37.2 Å². The van der Waals surface area contributed by atoms with Crippen molar-refractivity contribution in [3.63, 3.8) is 0 Å². The molecular weight excluding hydrogens is 428 g/mol. The highest BCUT2D eigenvalue weighted by molar-refractivity contribution is 7.12. The van der Waals surface area contributed by atoms with Crippen LogP contribution in [0, 0.1) is 0 Å². The third-order valence-electron chi connectivity index (χ3n) is 5.98. The summed E-state index contributed by atoms with van der Waals surface area (Å²) in [5.74, 6) is 1.67. The molecular formula is C21H26N8O2S. The van der Waals surface area contributed by atoms with Gasteiger partial charge in [-0.2, -0.15) is 5.10 Å². The monoisotopic (exact) mass is 454 g/mol. The van der Waals surface area contributed by atoms with Gasteiger partial charge < -0.3 is 9.80 Å². The van der Waals surface area contributed by atoms with Crippen LogP contribution in [-0.4, -0.2) is 76.4 Å². The maximum Gasteiger partial charge on any atom is 0.269 e. The number of rotatable bonds is 6. The maximum absolute atomic E-state index is 12.9. The van der Waals surface area contributed by atoms with Crippen LogP contribution in [0.3, 0.4) is 0 Å². The van der Waals surface area contributed by atoms with Gasteiger partial charge in [0.15, 0.2) is 0 Å². The smallest absolute Gasteiger partial charge is 0.269 e. The first kappa shape index (κ1) is 20.7. The largest absolute Gasteiger partial charge is 0.339 e. The van der Waals surface area contributed by atoms with E-state index < -0.39 is 0 Å². The SMILES string of the molecule is CCCN1C(=O)c2sccc2N2C(CCC(=O)N3CCN(c4ncccn4)CC3)=NNC12. The van der Waals surface area contributed by atoms with Crippen molar-refractivity contribution in [1.29, 1.82) is 0 Å². The molecule has 0 bridgehead atoms. The summed E-state index contributed by atoms with van der Waals surface area (Å²) in [5.41, 5.74) is 3.99. The molecule has 2 aromatic heterocycles. The summed E-state index contributed by atoms with van der Waals surface area (Å²) in [5, 5.41) is 6.44. The highest BCUT2D eigenvalue weighted by Crippen LogP contribution is 2.36. The summed E-state index contributed by atoms with van der Waals surface area (Å²) in [4.78, 5) is 43.0. The quantitative estimate of drug-likeness (QED) is 0.707. The van der Waals surface area contributed by atoms with E-state index in [1.54, 1.807) is 18.5 Å². The van der Waals surface area contributed by atoms with Gasteiger partial charge in [-0.25, -0.2) is 9.97 Å². The minimum absolute atomic E-state index is 0.0402. The Kier molecular flexibility index (Phi) is 5.64. The number of hydrogen-bond acceptors (Lipinski definition) is 9. The first-order valence-electron chi connectivity index (χ1n) is 11.0. The number of nitrogens with one attached hydrogen (secondary N) is 1. The topological polar surface area (TPSA) is 97.3 Å². The zero-order valence-electron chi connectivity index (χ0n) is 18.0. The standard InChI is InChI=1S/C21H26N8O2S/c1-2-9-28-19(31)18-15(6-14-32-18)29-16(24-25-21(28)29)4-5-17(30)26-10-12-27(13-11-26)20-22-7-3-8-23-20/h3,6-8,14,21,25H,2,4-5,9-13H2,1H3. The van der Waals surface area contributed by atoms with Crippen molar-refractivity contribution < 1.29 is 9.59 Å². The normalized spacial score (nSPS) is 20.1. The van der Waals surface area contributed by atoms with Gasteiger partial charge in [-0.1, -0.05) is 6.92 Å². The fraction of sp³-hybridized carbons (Fsp3) is 0.476. The van der Waals surface area contributed by atoms with Crippen LogP contribution in [0.1, 0.15) is 35.9 Å². The van der Waals surface area contributed by atoms with Gasteiger partial charge in [0.25, 0.3) is 5.91 Å². The van der Waals surface area contributed by atoms with Crippen LogP contribution in [0.5, 0.6) is 0 Å². The number of thiophene rings is 1. The number of amidine groups is 1. The number of hydrazone groups is 1. The van der Waals surface area contributed by atoms with Gasteiger partial charge in [-0.3, -0.25) is 24.8 Å². The zero-order valence-corrected chi connectivity index (χ0v) is 18.8. The van der Waals surface area contributed by atoms with Crippen LogP contribution in [0.15, 0.2) is 35.0 Å². The Morgan fingerprint density at radius 2 is 2.00 bits per heavy atom. The summed E-state index contributed by atoms with van der Waals surface area (Å²) < 4.78 is 0. The predicted octanol–water partition coefficient (Wildman–Crippen LogP) is 1.54. The maximum atomic E-state index is 12.9. The lowest BCUT2D eigenvalue weighted by atomic mass is 10.1. The summed E-state index contributed by atoms with van der Waals surface area (Å²) in [7, 11) is 0. The highest BCUT2D eigenvalue weighted by Gasteiger charge is 2.43. The third kappa shape index (κ3) is 3.66. The Balaban J connectivity index is 1.20. The molecule has 32 heavy (non-hydrogen) atoms. The minimum Gasteiger partial charge on any atom is -0.339 e. The van der Waals surface area contributed by atoms with E-state index in [0.29, 0.717) is 38.4 Å². The first-order chi connectivity index (χ1) is 15.7. The molecule has 1 atom stereocenters. The highest BCUT2D eigenvalue weighted by atomic mass is 32.1. The molecule has 3 aliphatic rings. The average molecular weight is 455 g/mol. The van der Waals surface area contributed by atoms with Gasteiger partial charge in [-0.15, -0.1) is 11.3 Å². The summed E-state index contributed by atoms with van der Waals surface area (Å²) in [6.45, 7) is 5.46. The van der Waals surface area contributed by atoms with E-state index in [1.165, 1.54) is 11.3 Å². The van der Waals surface area contributed by atoms with Crippen molar-refractivity contribution in [3.05, 3.63) is 34.8 Å². The lowest BCUT2D eigenvalue weighted by Gasteiger charge is -2.39. The lowest BCUT2D eigenvalue weighted by molar-refractivity contribution is -0.131. The third-order valence-corrected chi connectivity index (χ3v) is 6.87. The van der Waals surface area contributed by atoms with E-state index in [9.17, 15) is 9.59 Å². The molecule has 0 radical (unpaired) electrons. The molecule has 2 amide bonds. The Morgan fingerprint density at radius 1 is 1.22 bits per heavy atom. The predicted molar refractivity (Wildman–Crippen MR) is 123 cm³/mol. The van der Waals surface area contributed by atoms with Crippen LogP contribution in [-0.2, 0) is 4.79 Å². The first-order valence-corrected chi connectivity index (χ1v) is 11.8. The number of piperazine rings is 1. The zero-order chi connectivity index (χ0) is 22.1. The molecule has 0 spiro atoms. The summed E-state index contributed by atoms with van der Waals surface area (Å²) >= 11 is 1.45. The van der Waals surface area contributed by atoms with Gasteiger partial charge >= 0.3 is 0 Å². The molecule has 11 heteroatoms. The van der Waals surface area contributed by atoms with Crippen LogP contribution in [0.2, 0.25) is 0 Å². The van der Waals surface area contributed by atoms with Crippen molar-refractivity contribution >= 4 is 40.6 Å². The molecule has 1 N–H and O–H groups in total. The molecule has 5 rings (SSSR count). The van der Waals surface area contributed by atoms with Gasteiger partial charge in [0.05, 0.1) is 5.69 Å². The van der Waals surface area contributed by atoms with Crippen LogP contribution in [0.25, 0.3) is 0 Å². The summed E-state index contributed by atoms with van der Waals surface area (Å²) in [6.07, 6.45) is 4.92. The van der Waals surface area contributed by atoms with Crippen molar-refractivity contribution in [2.45, 2.75) is 32.5 Å². The number of nitrogens with zero attached hydrogens (tertiary/aromatic N) is 7. The number of amides is 2. The molecule has 0 aromatic carbocycles. The number of fused-ring (bicyclic) bond motifs is 3. The van der Waals surface area contributed by atoms with Crippen molar-refractivity contribution in [2.75, 3.05) is 42.5 Å². The molecule has 1 unspecified atom stereocenters. The van der Waals surface area contributed by atoms with E-state index in [0.717, 1.165) is 35.9 Å². The number of hydrogen-bond donors (Lipinski definition) is 1. The van der Waals surface area contributed by atoms with Crippen LogP contribution >= 0.6 is 11.3 Å². The molecule has 168 valence electrons. The minimum atomic E-state index is -0.316. The molecule has 2 aromatic rings. The van der Waals surface area contributed by atoms with Gasteiger partial charge in [0.1, 0.15) is 10.7 Å². The number of anilines is 2. The van der Waals surface area contributed by atoms with Gasteiger partial charge in [0.2, 0.25) is 18.1 Å². The molecule has 0 aliphatic carbocycles. The molecule has 10 nitrogen and oxygen atoms in total. The fourth-order valence-electron chi connectivity index (χ4n) is 4.39. The molecule has 1 fully saturated rings. The fourth-order valence-corrected chi connectivity index (χ4v) is 5.23. The van der Waals surface area contributed by atoms with Crippen molar-refractivity contribution in [2.24, 2.45) is 5.10 Å². The van der Waals surface area contributed by atoms with Crippen LogP contribution < -0.4 is 15.2 Å². The Hall–Kier alpha value is -3.21. The number of aromatic nitrogens is 2. The Labute approximate surface area is 190 Å². The summed E-state index contributed by atoms with van der Waals surface area (Å²) in [6, 6.07) is 3.76. The van der Waals surface area contributed by atoms with E-state index in [-0.39, 0.29) is 18.1 Å². The van der Waals surface area contributed by atoms with Gasteiger partial charge in [0, 0.05) is 58.0 Å². The van der Waals surface area contributed by atoms with E-state index in [4.69, 9.17) is 0 Å². The molecule has 5 heterocycles. The second kappa shape index (κ2) is 8.73. The molecule has 0 saturated carbocycles. The van der Waals surface area contributed by atoms with Crippen molar-refractivity contribution in [1.82, 2.24) is 25.2 Å². The number of carbonyl (C=O) groups is 2. The molecule has 3 aliphatic heterocycles. The van der Waals surface area contributed by atoms with Crippen LogP contribution in [0.4, 0.5) is 11.6 Å². The van der Waals surface area contributed by atoms with Gasteiger partial charge in [-0.05, 0) is 23.9 Å². The Morgan fingerprint density at radius 3 is 2.75 bits per heavy atom. The molecule has 1 saturated heterocycles.